The molecule has 1 aromatic heterocycles. The summed E-state index contributed by atoms with van der Waals surface area (Å²) < 4.78 is 16.2. The molecule has 0 saturated heterocycles. The van der Waals surface area contributed by atoms with E-state index in [4.69, 9.17) is 13.9 Å². The second kappa shape index (κ2) is 10.5. The second-order valence-corrected chi connectivity index (χ2v) is 8.74. The molecule has 0 unspecified atom stereocenters. The third kappa shape index (κ3) is 5.47. The molecule has 1 heterocycles. The molecule has 0 radical (unpaired) electrons. The lowest BCUT2D eigenvalue weighted by Gasteiger charge is -2.22. The van der Waals surface area contributed by atoms with Crippen LogP contribution in [0, 0.1) is 5.92 Å². The van der Waals surface area contributed by atoms with Crippen LogP contribution in [-0.4, -0.2) is 18.1 Å². The quantitative estimate of drug-likeness (QED) is 0.385. The van der Waals surface area contributed by atoms with E-state index in [-0.39, 0.29) is 19.1 Å². The smallest absolute Gasteiger partial charge is 0.408 e. The van der Waals surface area contributed by atoms with Crippen molar-refractivity contribution in [3.8, 4) is 0 Å². The monoisotopic (exact) mass is 463 g/mol. The topological polar surface area (TPSA) is 94.8 Å². The number of hydrogen-bond donors (Lipinski definition) is 1. The minimum absolute atomic E-state index is 0.0899. The fraction of sp³-hybridized carbons (Fsp3) is 0.370. The first-order valence-electron chi connectivity index (χ1n) is 11.7. The summed E-state index contributed by atoms with van der Waals surface area (Å²) in [7, 11) is 0. The maximum Gasteiger partial charge on any atom is 0.408 e. The molecular weight excluding hydrogens is 434 g/mol. The molecule has 0 fully saturated rings. The molecule has 2 atom stereocenters. The number of fused-ring (bicyclic) bond motifs is 2. The molecule has 7 nitrogen and oxygen atoms in total. The van der Waals surface area contributed by atoms with Gasteiger partial charge < -0.3 is 19.2 Å². The molecule has 178 valence electrons. The van der Waals surface area contributed by atoms with Crippen molar-refractivity contribution in [2.24, 2.45) is 5.92 Å². The Kier molecular flexibility index (Phi) is 7.30. The molecule has 1 N–H and O–H groups in total. The molecule has 3 aromatic rings. The van der Waals surface area contributed by atoms with E-state index in [2.05, 4.69) is 5.32 Å². The Balaban J connectivity index is 1.44. The Bertz CT molecular complexity index is 1230. The lowest BCUT2D eigenvalue weighted by molar-refractivity contribution is -0.148. The van der Waals surface area contributed by atoms with E-state index >= 15 is 0 Å². The highest BCUT2D eigenvalue weighted by Gasteiger charge is 2.28. The Labute approximate surface area is 198 Å². The average molecular weight is 464 g/mol. The molecule has 1 aliphatic carbocycles. The number of esters is 1. The molecule has 2 aromatic carbocycles. The van der Waals surface area contributed by atoms with E-state index in [1.165, 1.54) is 17.2 Å². The Morgan fingerprint density at radius 3 is 2.50 bits per heavy atom. The van der Waals surface area contributed by atoms with Gasteiger partial charge in [0.15, 0.2) is 0 Å². The Hall–Kier alpha value is -3.61. The summed E-state index contributed by atoms with van der Waals surface area (Å²) in [4.78, 5) is 37.4. The Morgan fingerprint density at radius 1 is 1.03 bits per heavy atom. The first kappa shape index (κ1) is 23.5. The van der Waals surface area contributed by atoms with Gasteiger partial charge in [-0.25, -0.2) is 14.4 Å². The number of nitrogens with one attached hydrogen (secondary N) is 1. The maximum atomic E-state index is 12.9. The molecule has 0 saturated carbocycles. The van der Waals surface area contributed by atoms with Crippen molar-refractivity contribution in [3.05, 3.63) is 81.2 Å². The molecule has 34 heavy (non-hydrogen) atoms. The van der Waals surface area contributed by atoms with Crippen LogP contribution < -0.4 is 10.9 Å². The fourth-order valence-electron chi connectivity index (χ4n) is 4.21. The predicted octanol–water partition coefficient (Wildman–Crippen LogP) is 4.67. The van der Waals surface area contributed by atoms with Crippen molar-refractivity contribution in [2.45, 2.75) is 58.8 Å². The summed E-state index contributed by atoms with van der Waals surface area (Å²) in [5.41, 5.74) is 3.87. The third-order valence-electron chi connectivity index (χ3n) is 6.37. The fourth-order valence-corrected chi connectivity index (χ4v) is 4.21. The lowest BCUT2D eigenvalue weighted by Crippen LogP contribution is -2.46. The van der Waals surface area contributed by atoms with Gasteiger partial charge in [-0.15, -0.1) is 0 Å². The van der Waals surface area contributed by atoms with E-state index in [1.807, 2.05) is 56.3 Å². The van der Waals surface area contributed by atoms with Gasteiger partial charge in [0, 0.05) is 17.0 Å². The minimum atomic E-state index is -0.871. The van der Waals surface area contributed by atoms with Gasteiger partial charge in [-0.3, -0.25) is 0 Å². The van der Waals surface area contributed by atoms with E-state index in [0.717, 1.165) is 30.2 Å². The largest absolute Gasteiger partial charge is 0.459 e. The first-order chi connectivity index (χ1) is 16.4. The molecule has 0 spiro atoms. The van der Waals surface area contributed by atoms with Crippen molar-refractivity contribution in [2.75, 3.05) is 0 Å². The van der Waals surface area contributed by atoms with E-state index in [9.17, 15) is 14.4 Å². The highest BCUT2D eigenvalue weighted by molar-refractivity contribution is 5.84. The van der Waals surface area contributed by atoms with Crippen LogP contribution in [0.25, 0.3) is 11.0 Å². The van der Waals surface area contributed by atoms with Crippen molar-refractivity contribution in [1.29, 1.82) is 0 Å². The molecule has 1 aliphatic rings. The van der Waals surface area contributed by atoms with Crippen molar-refractivity contribution < 1.29 is 23.5 Å². The summed E-state index contributed by atoms with van der Waals surface area (Å²) in [6.45, 7) is 3.80. The van der Waals surface area contributed by atoms with Crippen LogP contribution in [0.5, 0.6) is 0 Å². The second-order valence-electron chi connectivity index (χ2n) is 8.74. The third-order valence-corrected chi connectivity index (χ3v) is 6.37. The lowest BCUT2D eigenvalue weighted by atomic mass is 9.99. The molecule has 0 bridgehead atoms. The number of benzene rings is 2. The van der Waals surface area contributed by atoms with Gasteiger partial charge in [-0.05, 0) is 54.0 Å². The number of hydrogen-bond acceptors (Lipinski definition) is 6. The zero-order valence-corrected chi connectivity index (χ0v) is 19.5. The van der Waals surface area contributed by atoms with Gasteiger partial charge in [0.1, 0.15) is 24.8 Å². The standard InChI is InChI=1S/C27H29NO6/c1-3-17(2)25(28-27(31)33-15-18-8-5-4-6-9-18)26(30)32-16-21-14-24(29)34-23-13-20-11-7-10-19(20)12-22(21)23/h4-6,8-9,12-14,17,25H,3,7,10-11,15-16H2,1-2H3,(H,28,31)/t17-,25-/m1/s1. The summed E-state index contributed by atoms with van der Waals surface area (Å²) in [5, 5.41) is 3.41. The van der Waals surface area contributed by atoms with Crippen LogP contribution in [0.2, 0.25) is 0 Å². The normalized spacial score (nSPS) is 14.3. The van der Waals surface area contributed by atoms with Gasteiger partial charge >= 0.3 is 17.7 Å². The highest BCUT2D eigenvalue weighted by atomic mass is 16.6. The molecule has 4 rings (SSSR count). The number of ether oxygens (including phenoxy) is 2. The molecule has 1 amide bonds. The maximum absolute atomic E-state index is 12.9. The van der Waals surface area contributed by atoms with Crippen molar-refractivity contribution in [3.63, 3.8) is 0 Å². The number of aryl methyl sites for hydroxylation is 2. The Morgan fingerprint density at radius 2 is 1.76 bits per heavy atom. The zero-order valence-electron chi connectivity index (χ0n) is 19.5. The van der Waals surface area contributed by atoms with Gasteiger partial charge in [0.2, 0.25) is 0 Å². The summed E-state index contributed by atoms with van der Waals surface area (Å²) in [5.74, 6) is -0.744. The SMILES string of the molecule is CC[C@@H](C)[C@@H](NC(=O)OCc1ccccc1)C(=O)OCc1cc(=O)oc2cc3c(cc12)CCC3. The van der Waals surface area contributed by atoms with Gasteiger partial charge in [-0.2, -0.15) is 0 Å². The summed E-state index contributed by atoms with van der Waals surface area (Å²) in [6, 6.07) is 13.7. The zero-order chi connectivity index (χ0) is 24.1. The first-order valence-corrected chi connectivity index (χ1v) is 11.7. The number of amides is 1. The van der Waals surface area contributed by atoms with E-state index in [1.54, 1.807) is 0 Å². The van der Waals surface area contributed by atoms with Crippen LogP contribution in [0.4, 0.5) is 4.79 Å². The minimum Gasteiger partial charge on any atom is -0.459 e. The van der Waals surface area contributed by atoms with Crippen molar-refractivity contribution >= 4 is 23.0 Å². The van der Waals surface area contributed by atoms with Crippen LogP contribution >= 0.6 is 0 Å². The van der Waals surface area contributed by atoms with Crippen LogP contribution in [0.3, 0.4) is 0 Å². The highest BCUT2D eigenvalue weighted by Crippen LogP contribution is 2.29. The summed E-state index contributed by atoms with van der Waals surface area (Å²) >= 11 is 0. The van der Waals surface area contributed by atoms with Crippen LogP contribution in [0.15, 0.2) is 57.7 Å². The van der Waals surface area contributed by atoms with Crippen LogP contribution in [-0.2, 0) is 40.3 Å². The van der Waals surface area contributed by atoms with Gasteiger partial charge in [-0.1, -0.05) is 50.6 Å². The molecule has 7 heteroatoms. The number of carbonyl (C=O) groups is 2. The van der Waals surface area contributed by atoms with E-state index in [0.29, 0.717) is 17.6 Å². The predicted molar refractivity (Wildman–Crippen MR) is 127 cm³/mol. The van der Waals surface area contributed by atoms with Gasteiger partial charge in [0.25, 0.3) is 0 Å². The molecule has 0 aliphatic heterocycles. The number of carbonyl (C=O) groups excluding carboxylic acids is 2. The average Bonchev–Trinajstić information content (AvgIpc) is 3.30. The summed E-state index contributed by atoms with van der Waals surface area (Å²) in [6.07, 6.45) is 2.99. The van der Waals surface area contributed by atoms with Crippen molar-refractivity contribution in [1.82, 2.24) is 5.32 Å². The van der Waals surface area contributed by atoms with Gasteiger partial charge in [0.05, 0.1) is 0 Å². The van der Waals surface area contributed by atoms with E-state index < -0.39 is 23.7 Å². The number of alkyl carbamates (subject to hydrolysis) is 1. The molecular formula is C27H29NO6. The number of rotatable bonds is 8. The van der Waals surface area contributed by atoms with Crippen LogP contribution in [0.1, 0.15) is 48.9 Å².